The van der Waals surface area contributed by atoms with Gasteiger partial charge in [-0.05, 0) is 56.0 Å². The van der Waals surface area contributed by atoms with Gasteiger partial charge in [0.2, 0.25) is 0 Å². The number of urea groups is 1. The number of alkyl halides is 3. The predicted molar refractivity (Wildman–Crippen MR) is 127 cm³/mol. The Morgan fingerprint density at radius 1 is 1.20 bits per heavy atom. The number of nitrogens with one attached hydrogen (secondary N) is 1. The zero-order chi connectivity index (χ0) is 24.9. The highest BCUT2D eigenvalue weighted by molar-refractivity contribution is 5.98. The smallest absolute Gasteiger partial charge is 0.384 e. The van der Waals surface area contributed by atoms with E-state index in [1.807, 2.05) is 36.1 Å². The molecule has 10 heteroatoms. The van der Waals surface area contributed by atoms with Crippen molar-refractivity contribution in [1.82, 2.24) is 14.5 Å². The second-order valence-corrected chi connectivity index (χ2v) is 9.26. The number of hydrogen-bond acceptors (Lipinski definition) is 3. The first kappa shape index (κ1) is 23.2. The van der Waals surface area contributed by atoms with E-state index in [1.54, 1.807) is 27.7 Å². The Hall–Kier alpha value is -3.56. The van der Waals surface area contributed by atoms with E-state index in [9.17, 15) is 18.0 Å². The zero-order valence-corrected chi connectivity index (χ0v) is 19.3. The van der Waals surface area contributed by atoms with Crippen LogP contribution in [0.25, 0.3) is 11.0 Å². The summed E-state index contributed by atoms with van der Waals surface area (Å²) in [5.41, 5.74) is 9.12. The number of hydrogen-bond donors (Lipinski definition) is 2. The van der Waals surface area contributed by atoms with Crippen LogP contribution in [0.5, 0.6) is 0 Å². The van der Waals surface area contributed by atoms with Crippen molar-refractivity contribution >= 4 is 28.6 Å². The van der Waals surface area contributed by atoms with E-state index < -0.39 is 12.6 Å². The van der Waals surface area contributed by atoms with Crippen molar-refractivity contribution in [2.75, 3.05) is 4.90 Å². The van der Waals surface area contributed by atoms with Crippen molar-refractivity contribution in [3.63, 3.8) is 0 Å². The van der Waals surface area contributed by atoms with Crippen molar-refractivity contribution in [3.05, 3.63) is 59.4 Å². The lowest BCUT2D eigenvalue weighted by Crippen LogP contribution is -2.49. The first-order chi connectivity index (χ1) is 16.6. The van der Waals surface area contributed by atoms with E-state index >= 15 is 0 Å². The van der Waals surface area contributed by atoms with Crippen molar-refractivity contribution in [2.45, 2.75) is 64.0 Å². The van der Waals surface area contributed by atoms with Gasteiger partial charge < -0.3 is 15.2 Å². The highest BCUT2D eigenvalue weighted by Gasteiger charge is 2.43. The maximum absolute atomic E-state index is 13.6. The first-order valence-corrected chi connectivity index (χ1v) is 11.7. The van der Waals surface area contributed by atoms with Gasteiger partial charge in [-0.15, -0.1) is 0 Å². The molecule has 5 rings (SSSR count). The molecule has 0 saturated heterocycles. The van der Waals surface area contributed by atoms with Crippen LogP contribution < -0.4 is 10.6 Å². The number of fused-ring (bicyclic) bond motifs is 2. The fraction of sp³-hybridized carbons (Fsp3) is 0.400. The molecule has 1 fully saturated rings. The maximum atomic E-state index is 13.6. The molecule has 1 unspecified atom stereocenters. The topological polar surface area (TPSA) is 91.2 Å². The van der Waals surface area contributed by atoms with Crippen molar-refractivity contribution in [3.8, 4) is 0 Å². The van der Waals surface area contributed by atoms with Gasteiger partial charge >= 0.3 is 12.2 Å². The first-order valence-electron chi connectivity index (χ1n) is 11.7. The lowest BCUT2D eigenvalue weighted by Gasteiger charge is -2.41. The molecule has 2 aliphatic rings. The Bertz CT molecular complexity index is 1300. The number of nitrogens with two attached hydrogens (primary N) is 1. The van der Waals surface area contributed by atoms with E-state index in [0.717, 1.165) is 24.1 Å². The quantitative estimate of drug-likeness (QED) is 0.351. The molecule has 1 aliphatic heterocycles. The Labute approximate surface area is 200 Å². The van der Waals surface area contributed by atoms with Crippen molar-refractivity contribution < 1.29 is 18.0 Å². The van der Waals surface area contributed by atoms with E-state index in [2.05, 4.69) is 0 Å². The van der Waals surface area contributed by atoms with Crippen molar-refractivity contribution in [2.24, 2.45) is 5.73 Å². The summed E-state index contributed by atoms with van der Waals surface area (Å²) in [7, 11) is 0. The number of nitrogen functional groups attached to an aromatic ring is 1. The lowest BCUT2D eigenvalue weighted by molar-refractivity contribution is -0.135. The van der Waals surface area contributed by atoms with Crippen molar-refractivity contribution in [1.29, 1.82) is 5.41 Å². The van der Waals surface area contributed by atoms with Gasteiger partial charge in [-0.1, -0.05) is 18.2 Å². The normalized spacial score (nSPS) is 18.3. The summed E-state index contributed by atoms with van der Waals surface area (Å²) in [4.78, 5) is 21.9. The van der Waals surface area contributed by atoms with Gasteiger partial charge in [0.15, 0.2) is 0 Å². The van der Waals surface area contributed by atoms with Gasteiger partial charge in [0, 0.05) is 24.6 Å². The number of halogens is 3. The molecular formula is C25H27F3N6O. The number of benzene rings is 2. The lowest BCUT2D eigenvalue weighted by atomic mass is 10.0. The number of aromatic nitrogens is 2. The summed E-state index contributed by atoms with van der Waals surface area (Å²) in [6.07, 6.45) is -3.32. The minimum Gasteiger partial charge on any atom is -0.384 e. The Morgan fingerprint density at radius 2 is 1.94 bits per heavy atom. The largest absolute Gasteiger partial charge is 0.389 e. The number of anilines is 1. The summed E-state index contributed by atoms with van der Waals surface area (Å²) in [6, 6.07) is 12.8. The maximum Gasteiger partial charge on any atom is 0.389 e. The highest BCUT2D eigenvalue weighted by Crippen LogP contribution is 2.43. The molecule has 2 aromatic carbocycles. The van der Waals surface area contributed by atoms with Crippen LogP contribution in [0.15, 0.2) is 42.5 Å². The van der Waals surface area contributed by atoms with E-state index in [0.29, 0.717) is 22.4 Å². The molecular weight excluding hydrogens is 457 g/mol. The third-order valence-electron chi connectivity index (χ3n) is 6.77. The number of carbonyl (C=O) groups excluding carboxylic acids is 1. The minimum atomic E-state index is -4.25. The van der Waals surface area contributed by atoms with Gasteiger partial charge in [0.05, 0.1) is 29.3 Å². The number of amides is 2. The molecule has 0 spiro atoms. The second kappa shape index (κ2) is 8.58. The van der Waals surface area contributed by atoms with Gasteiger partial charge in [-0.25, -0.2) is 9.78 Å². The Morgan fingerprint density at radius 3 is 2.63 bits per heavy atom. The van der Waals surface area contributed by atoms with E-state index in [4.69, 9.17) is 16.1 Å². The third kappa shape index (κ3) is 4.44. The number of aryl methyl sites for hydroxylation is 1. The highest BCUT2D eigenvalue weighted by atomic mass is 19.4. The van der Waals surface area contributed by atoms with E-state index in [1.165, 1.54) is 0 Å². The molecule has 1 saturated carbocycles. The molecule has 7 nitrogen and oxygen atoms in total. The average Bonchev–Trinajstić information content (AvgIpc) is 3.58. The van der Waals surface area contributed by atoms with Gasteiger partial charge in [-0.2, -0.15) is 13.2 Å². The van der Waals surface area contributed by atoms with Gasteiger partial charge in [0.1, 0.15) is 11.7 Å². The molecule has 2 heterocycles. The van der Waals surface area contributed by atoms with Crippen LogP contribution in [-0.2, 0) is 13.1 Å². The summed E-state index contributed by atoms with van der Waals surface area (Å²) < 4.78 is 40.4. The number of amidine groups is 1. The number of carbonyl (C=O) groups is 1. The molecule has 1 aromatic heterocycles. The van der Waals surface area contributed by atoms with Crippen LogP contribution >= 0.6 is 0 Å². The number of nitrogens with zero attached hydrogens (tertiary/aromatic N) is 4. The third-order valence-corrected chi connectivity index (χ3v) is 6.77. The van der Waals surface area contributed by atoms with Crippen LogP contribution in [0, 0.1) is 5.41 Å². The SMILES string of the molecule is CC1c2ccccc2N(Cc2nc3cc(C(=N)N)ccc3n2CCCC(F)(F)F)C(=O)N1C1CC1. The standard InChI is InChI=1S/C25H27F3N6O/c1-15-18-5-2-3-6-20(18)33(24(35)34(15)17-8-9-17)14-22-31-19-13-16(23(29)30)7-10-21(19)32(22)12-4-11-25(26,27)28/h2-3,5-7,10,13,15,17H,4,8-9,11-12,14H2,1H3,(H3,29,30). The minimum absolute atomic E-state index is 0.0498. The molecule has 1 aliphatic carbocycles. The van der Waals surface area contributed by atoms with Gasteiger partial charge in [0.25, 0.3) is 0 Å². The van der Waals surface area contributed by atoms with Crippen LogP contribution in [0.1, 0.15) is 55.6 Å². The molecule has 0 radical (unpaired) electrons. The average molecular weight is 485 g/mol. The Balaban J connectivity index is 1.55. The molecule has 35 heavy (non-hydrogen) atoms. The number of imidazole rings is 1. The fourth-order valence-corrected chi connectivity index (χ4v) is 4.92. The fourth-order valence-electron chi connectivity index (χ4n) is 4.92. The monoisotopic (exact) mass is 484 g/mol. The zero-order valence-electron chi connectivity index (χ0n) is 19.3. The number of rotatable bonds is 7. The molecule has 1 atom stereocenters. The summed E-state index contributed by atoms with van der Waals surface area (Å²) >= 11 is 0. The summed E-state index contributed by atoms with van der Waals surface area (Å²) in [5, 5.41) is 7.71. The van der Waals surface area contributed by atoms with Crippen LogP contribution in [0.4, 0.5) is 23.7 Å². The molecule has 3 aromatic rings. The second-order valence-electron chi connectivity index (χ2n) is 9.26. The number of para-hydroxylation sites is 1. The van der Waals surface area contributed by atoms with Crippen LogP contribution in [-0.4, -0.2) is 38.5 Å². The van der Waals surface area contributed by atoms with Crippen LogP contribution in [0.3, 0.4) is 0 Å². The summed E-state index contributed by atoms with van der Waals surface area (Å²) in [5.74, 6) is 0.380. The summed E-state index contributed by atoms with van der Waals surface area (Å²) in [6.45, 7) is 2.27. The molecule has 3 N–H and O–H groups in total. The molecule has 2 amide bonds. The van der Waals surface area contributed by atoms with E-state index in [-0.39, 0.29) is 43.5 Å². The van der Waals surface area contributed by atoms with Gasteiger partial charge in [-0.3, -0.25) is 10.3 Å². The molecule has 184 valence electrons. The van der Waals surface area contributed by atoms with Crippen LogP contribution in [0.2, 0.25) is 0 Å². The predicted octanol–water partition coefficient (Wildman–Crippen LogP) is 5.33. The molecule has 0 bridgehead atoms. The Kier molecular flexibility index (Phi) is 5.69.